The van der Waals surface area contributed by atoms with Gasteiger partial charge in [0.1, 0.15) is 5.75 Å². The summed E-state index contributed by atoms with van der Waals surface area (Å²) in [6.45, 7) is 7.39. The van der Waals surface area contributed by atoms with Crippen molar-refractivity contribution in [1.29, 1.82) is 0 Å². The quantitative estimate of drug-likeness (QED) is 0.533. The van der Waals surface area contributed by atoms with E-state index in [0.29, 0.717) is 47.8 Å². The normalized spacial score (nSPS) is 17.7. The molecule has 2 heterocycles. The van der Waals surface area contributed by atoms with Crippen molar-refractivity contribution in [3.8, 4) is 5.75 Å². The van der Waals surface area contributed by atoms with Crippen molar-refractivity contribution in [1.82, 2.24) is 9.21 Å². The molecule has 2 aliphatic rings. The van der Waals surface area contributed by atoms with E-state index >= 15 is 0 Å². The third kappa shape index (κ3) is 6.42. The van der Waals surface area contributed by atoms with E-state index in [9.17, 15) is 13.2 Å². The summed E-state index contributed by atoms with van der Waals surface area (Å²) in [6.07, 6.45) is 0. The van der Waals surface area contributed by atoms with Crippen LogP contribution in [-0.4, -0.2) is 89.2 Å². The number of hydrogen-bond donors (Lipinski definition) is 1. The van der Waals surface area contributed by atoms with Gasteiger partial charge in [0.15, 0.2) is 6.61 Å². The number of halogens is 2. The number of morpholine rings is 1. The molecule has 1 amide bonds. The Bertz CT molecular complexity index is 1180. The van der Waals surface area contributed by atoms with Crippen LogP contribution in [0.4, 0.5) is 11.4 Å². The molecule has 0 saturated carbocycles. The Kier molecular flexibility index (Phi) is 8.97. The zero-order valence-corrected chi connectivity index (χ0v) is 22.4. The Morgan fingerprint density at radius 1 is 1.03 bits per heavy atom. The Hall–Kier alpha value is -2.08. The number of sulfonamides is 1. The minimum absolute atomic E-state index is 0.123. The number of amides is 1. The molecule has 2 aliphatic heterocycles. The largest absolute Gasteiger partial charge is 0.482 e. The van der Waals surface area contributed by atoms with Gasteiger partial charge >= 0.3 is 0 Å². The Labute approximate surface area is 221 Å². The summed E-state index contributed by atoms with van der Waals surface area (Å²) in [6, 6.07) is 9.64. The van der Waals surface area contributed by atoms with E-state index in [2.05, 4.69) is 22.0 Å². The monoisotopic (exact) mass is 556 g/mol. The molecule has 1 N–H and O–H groups in total. The number of ether oxygens (including phenoxy) is 2. The lowest BCUT2D eigenvalue weighted by atomic mass is 10.2. The Morgan fingerprint density at radius 2 is 1.75 bits per heavy atom. The second-order valence-corrected chi connectivity index (χ2v) is 11.3. The van der Waals surface area contributed by atoms with Gasteiger partial charge in [-0.1, -0.05) is 30.1 Å². The summed E-state index contributed by atoms with van der Waals surface area (Å²) in [5.74, 6) is -0.105. The molecule has 0 aliphatic carbocycles. The van der Waals surface area contributed by atoms with Crippen LogP contribution >= 0.6 is 23.2 Å². The molecule has 0 unspecified atom stereocenters. The molecular weight excluding hydrogens is 527 g/mol. The van der Waals surface area contributed by atoms with Gasteiger partial charge in [-0.2, -0.15) is 4.31 Å². The van der Waals surface area contributed by atoms with Gasteiger partial charge in [0, 0.05) is 44.3 Å². The molecule has 2 aromatic carbocycles. The van der Waals surface area contributed by atoms with Gasteiger partial charge in [0.05, 0.1) is 34.5 Å². The molecule has 0 atom stereocenters. The third-order valence-corrected chi connectivity index (χ3v) is 8.69. The molecule has 196 valence electrons. The summed E-state index contributed by atoms with van der Waals surface area (Å²) in [7, 11) is -3.73. The SMILES string of the molecule is CCN1CCN(c2ccc(S(=O)(=O)N3CCOCC3)cc2NC(=O)COc2ccc(Cl)cc2Cl)CC1. The van der Waals surface area contributed by atoms with Gasteiger partial charge in [-0.15, -0.1) is 0 Å². The van der Waals surface area contributed by atoms with Crippen LogP contribution in [0.15, 0.2) is 41.3 Å². The molecular formula is C24H30Cl2N4O5S. The maximum absolute atomic E-state index is 13.3. The van der Waals surface area contributed by atoms with Crippen molar-refractivity contribution in [2.45, 2.75) is 11.8 Å². The van der Waals surface area contributed by atoms with Crippen molar-refractivity contribution < 1.29 is 22.7 Å². The van der Waals surface area contributed by atoms with Crippen LogP contribution < -0.4 is 15.0 Å². The van der Waals surface area contributed by atoms with Crippen molar-refractivity contribution in [2.24, 2.45) is 0 Å². The zero-order chi connectivity index (χ0) is 25.7. The molecule has 12 heteroatoms. The van der Waals surface area contributed by atoms with E-state index in [1.54, 1.807) is 24.3 Å². The predicted molar refractivity (Wildman–Crippen MR) is 141 cm³/mol. The number of carbonyl (C=O) groups is 1. The summed E-state index contributed by atoms with van der Waals surface area (Å²) in [4.78, 5) is 17.5. The van der Waals surface area contributed by atoms with Crippen LogP contribution in [0.2, 0.25) is 10.0 Å². The molecule has 0 aromatic heterocycles. The minimum atomic E-state index is -3.73. The average molecular weight is 558 g/mol. The van der Waals surface area contributed by atoms with Gasteiger partial charge in [-0.3, -0.25) is 4.79 Å². The van der Waals surface area contributed by atoms with Crippen molar-refractivity contribution in [3.05, 3.63) is 46.4 Å². The fourth-order valence-electron chi connectivity index (χ4n) is 4.21. The van der Waals surface area contributed by atoms with E-state index in [1.807, 2.05) is 0 Å². The summed E-state index contributed by atoms with van der Waals surface area (Å²) in [5.41, 5.74) is 1.19. The predicted octanol–water partition coefficient (Wildman–Crippen LogP) is 3.17. The molecule has 0 bridgehead atoms. The molecule has 9 nitrogen and oxygen atoms in total. The summed E-state index contributed by atoms with van der Waals surface area (Å²) >= 11 is 12.1. The fraction of sp³-hybridized carbons (Fsp3) is 0.458. The number of piperazine rings is 1. The van der Waals surface area contributed by atoms with Crippen molar-refractivity contribution in [2.75, 3.05) is 75.9 Å². The van der Waals surface area contributed by atoms with Crippen LogP contribution in [0.25, 0.3) is 0 Å². The van der Waals surface area contributed by atoms with Crippen LogP contribution in [0.1, 0.15) is 6.92 Å². The molecule has 2 saturated heterocycles. The number of benzene rings is 2. The lowest BCUT2D eigenvalue weighted by Gasteiger charge is -2.36. The lowest BCUT2D eigenvalue weighted by molar-refractivity contribution is -0.118. The molecule has 36 heavy (non-hydrogen) atoms. The molecule has 0 radical (unpaired) electrons. The van der Waals surface area contributed by atoms with Gasteiger partial charge < -0.3 is 24.6 Å². The first-order chi connectivity index (χ1) is 17.3. The number of carbonyl (C=O) groups excluding carboxylic acids is 1. The highest BCUT2D eigenvalue weighted by molar-refractivity contribution is 7.89. The summed E-state index contributed by atoms with van der Waals surface area (Å²) < 4.78 is 38.8. The molecule has 4 rings (SSSR count). The van der Waals surface area contributed by atoms with Gasteiger partial charge in [0.2, 0.25) is 10.0 Å². The number of hydrogen-bond acceptors (Lipinski definition) is 7. The smallest absolute Gasteiger partial charge is 0.262 e. The first-order valence-electron chi connectivity index (χ1n) is 11.8. The number of likely N-dealkylation sites (N-methyl/N-ethyl adjacent to an activating group) is 1. The zero-order valence-electron chi connectivity index (χ0n) is 20.1. The van der Waals surface area contributed by atoms with Crippen LogP contribution in [0.5, 0.6) is 5.75 Å². The third-order valence-electron chi connectivity index (χ3n) is 6.26. The first-order valence-corrected chi connectivity index (χ1v) is 14.0. The standard InChI is InChI=1S/C24H30Cl2N4O5S/c1-2-28-7-9-29(10-8-28)22-5-4-19(36(32,33)30-11-13-34-14-12-30)16-21(22)27-24(31)17-35-23-6-3-18(25)15-20(23)26/h3-6,15-16H,2,7-14,17H2,1H3,(H,27,31). The fourth-order valence-corrected chi connectivity index (χ4v) is 6.11. The average Bonchev–Trinajstić information content (AvgIpc) is 2.89. The van der Waals surface area contributed by atoms with E-state index in [1.165, 1.54) is 16.4 Å². The van der Waals surface area contributed by atoms with Crippen LogP contribution in [-0.2, 0) is 19.6 Å². The maximum atomic E-state index is 13.3. The van der Waals surface area contributed by atoms with Crippen molar-refractivity contribution >= 4 is 50.5 Å². The van der Waals surface area contributed by atoms with Crippen molar-refractivity contribution in [3.63, 3.8) is 0 Å². The first kappa shape index (κ1) is 27.0. The highest BCUT2D eigenvalue weighted by Gasteiger charge is 2.28. The van der Waals surface area contributed by atoms with E-state index < -0.39 is 15.9 Å². The molecule has 2 fully saturated rings. The number of nitrogens with one attached hydrogen (secondary N) is 1. The van der Waals surface area contributed by atoms with Crippen LogP contribution in [0, 0.1) is 0 Å². The van der Waals surface area contributed by atoms with E-state index in [-0.39, 0.29) is 11.5 Å². The highest BCUT2D eigenvalue weighted by Crippen LogP contribution is 2.32. The molecule has 2 aromatic rings. The number of anilines is 2. The number of nitrogens with zero attached hydrogens (tertiary/aromatic N) is 3. The van der Waals surface area contributed by atoms with Crippen LogP contribution in [0.3, 0.4) is 0 Å². The lowest BCUT2D eigenvalue weighted by Crippen LogP contribution is -2.46. The van der Waals surface area contributed by atoms with Gasteiger partial charge in [0.25, 0.3) is 5.91 Å². The minimum Gasteiger partial charge on any atom is -0.482 e. The second kappa shape index (κ2) is 12.0. The maximum Gasteiger partial charge on any atom is 0.262 e. The summed E-state index contributed by atoms with van der Waals surface area (Å²) in [5, 5.41) is 3.61. The topological polar surface area (TPSA) is 91.4 Å². The Morgan fingerprint density at radius 3 is 2.42 bits per heavy atom. The number of rotatable bonds is 8. The second-order valence-electron chi connectivity index (χ2n) is 8.53. The molecule has 0 spiro atoms. The van der Waals surface area contributed by atoms with Gasteiger partial charge in [-0.05, 0) is 42.9 Å². The Balaban J connectivity index is 1.56. The highest BCUT2D eigenvalue weighted by atomic mass is 35.5. The van der Waals surface area contributed by atoms with Gasteiger partial charge in [-0.25, -0.2) is 8.42 Å². The van der Waals surface area contributed by atoms with E-state index in [0.717, 1.165) is 38.4 Å². The van der Waals surface area contributed by atoms with E-state index in [4.69, 9.17) is 32.7 Å².